The standard InChI is InChI=1S/C11H12ClN3OS/c1-2-5-13-11(16)14-10-8-6-7(12)3-4-9(8)17-15-10/h3-4,6H,2,5H2,1H3,(H2,13,14,15,16). The SMILES string of the molecule is CCCNC(=O)Nc1nsc2ccc(Cl)cc12. The highest BCUT2D eigenvalue weighted by Crippen LogP contribution is 2.29. The average molecular weight is 270 g/mol. The lowest BCUT2D eigenvalue weighted by Crippen LogP contribution is -2.29. The molecule has 0 bridgehead atoms. The van der Waals surface area contributed by atoms with Gasteiger partial charge in [0.1, 0.15) is 0 Å². The fourth-order valence-electron chi connectivity index (χ4n) is 1.39. The first-order valence-electron chi connectivity index (χ1n) is 5.30. The Labute approximate surface area is 108 Å². The number of hydrogen-bond donors (Lipinski definition) is 2. The monoisotopic (exact) mass is 269 g/mol. The van der Waals surface area contributed by atoms with Gasteiger partial charge in [-0.25, -0.2) is 4.79 Å². The summed E-state index contributed by atoms with van der Waals surface area (Å²) in [6.45, 7) is 2.65. The summed E-state index contributed by atoms with van der Waals surface area (Å²) in [4.78, 5) is 11.5. The quantitative estimate of drug-likeness (QED) is 0.896. The number of aromatic nitrogens is 1. The minimum Gasteiger partial charge on any atom is -0.338 e. The van der Waals surface area contributed by atoms with Gasteiger partial charge in [0.25, 0.3) is 0 Å². The van der Waals surface area contributed by atoms with E-state index in [1.165, 1.54) is 11.5 Å². The van der Waals surface area contributed by atoms with Crippen molar-refractivity contribution >= 4 is 45.1 Å². The highest BCUT2D eigenvalue weighted by Gasteiger charge is 2.09. The molecule has 90 valence electrons. The Kier molecular flexibility index (Phi) is 3.81. The Balaban J connectivity index is 2.18. The molecule has 1 heterocycles. The van der Waals surface area contributed by atoms with Crippen LogP contribution in [0.15, 0.2) is 18.2 Å². The number of fused-ring (bicyclic) bond motifs is 1. The van der Waals surface area contributed by atoms with Crippen LogP contribution in [0.25, 0.3) is 10.1 Å². The fourth-order valence-corrected chi connectivity index (χ4v) is 2.28. The van der Waals surface area contributed by atoms with E-state index in [1.54, 1.807) is 6.07 Å². The number of amides is 2. The molecule has 4 nitrogen and oxygen atoms in total. The van der Waals surface area contributed by atoms with Crippen molar-refractivity contribution in [2.45, 2.75) is 13.3 Å². The summed E-state index contributed by atoms with van der Waals surface area (Å²) in [5.74, 6) is 0.557. The Bertz CT molecular complexity index is 540. The molecular weight excluding hydrogens is 258 g/mol. The van der Waals surface area contributed by atoms with E-state index in [1.807, 2.05) is 19.1 Å². The van der Waals surface area contributed by atoms with Crippen LogP contribution in [-0.2, 0) is 0 Å². The van der Waals surface area contributed by atoms with Gasteiger partial charge in [-0.15, -0.1) is 0 Å². The topological polar surface area (TPSA) is 54.0 Å². The van der Waals surface area contributed by atoms with Crippen LogP contribution >= 0.6 is 23.1 Å². The number of hydrogen-bond acceptors (Lipinski definition) is 3. The molecule has 6 heteroatoms. The molecular formula is C11H12ClN3OS. The molecule has 0 saturated carbocycles. The van der Waals surface area contributed by atoms with Crippen molar-refractivity contribution in [1.29, 1.82) is 0 Å². The van der Waals surface area contributed by atoms with Gasteiger partial charge in [0.2, 0.25) is 0 Å². The lowest BCUT2D eigenvalue weighted by Gasteiger charge is -2.04. The van der Waals surface area contributed by atoms with Crippen LogP contribution in [0.3, 0.4) is 0 Å². The van der Waals surface area contributed by atoms with Gasteiger partial charge in [-0.05, 0) is 36.2 Å². The van der Waals surface area contributed by atoms with Crippen LogP contribution in [0.5, 0.6) is 0 Å². The van der Waals surface area contributed by atoms with Gasteiger partial charge < -0.3 is 5.32 Å². The number of anilines is 1. The van der Waals surface area contributed by atoms with Crippen molar-refractivity contribution < 1.29 is 4.79 Å². The van der Waals surface area contributed by atoms with Crippen molar-refractivity contribution in [3.05, 3.63) is 23.2 Å². The second kappa shape index (κ2) is 5.33. The maximum Gasteiger partial charge on any atom is 0.320 e. The normalized spacial score (nSPS) is 10.5. The zero-order chi connectivity index (χ0) is 12.3. The molecule has 0 radical (unpaired) electrons. The maximum absolute atomic E-state index is 11.5. The highest BCUT2D eigenvalue weighted by atomic mass is 35.5. The van der Waals surface area contributed by atoms with Crippen LogP contribution in [0.2, 0.25) is 5.02 Å². The number of nitrogens with one attached hydrogen (secondary N) is 2. The number of benzene rings is 1. The largest absolute Gasteiger partial charge is 0.338 e. The van der Waals surface area contributed by atoms with Gasteiger partial charge in [0.05, 0.1) is 4.70 Å². The van der Waals surface area contributed by atoms with E-state index in [0.29, 0.717) is 17.4 Å². The van der Waals surface area contributed by atoms with Gasteiger partial charge in [-0.2, -0.15) is 4.37 Å². The molecule has 2 N–H and O–H groups in total. The molecule has 2 rings (SSSR count). The van der Waals surface area contributed by atoms with E-state index < -0.39 is 0 Å². The van der Waals surface area contributed by atoms with Crippen LogP contribution < -0.4 is 10.6 Å². The average Bonchev–Trinajstić information content (AvgIpc) is 2.69. The van der Waals surface area contributed by atoms with Crippen LogP contribution in [0.1, 0.15) is 13.3 Å². The molecule has 1 aromatic heterocycles. The molecule has 0 unspecified atom stereocenters. The second-order valence-corrected chi connectivity index (χ2v) is 4.79. The zero-order valence-corrected chi connectivity index (χ0v) is 10.9. The lowest BCUT2D eigenvalue weighted by molar-refractivity contribution is 0.252. The van der Waals surface area contributed by atoms with Crippen molar-refractivity contribution in [2.24, 2.45) is 0 Å². The van der Waals surface area contributed by atoms with Crippen molar-refractivity contribution in [1.82, 2.24) is 9.69 Å². The molecule has 0 spiro atoms. The summed E-state index contributed by atoms with van der Waals surface area (Å²) >= 11 is 7.25. The van der Waals surface area contributed by atoms with E-state index in [-0.39, 0.29) is 6.03 Å². The van der Waals surface area contributed by atoms with E-state index in [2.05, 4.69) is 15.0 Å². The Morgan fingerprint density at radius 3 is 3.12 bits per heavy atom. The summed E-state index contributed by atoms with van der Waals surface area (Å²) in [5.41, 5.74) is 0. The first-order valence-corrected chi connectivity index (χ1v) is 6.45. The Morgan fingerprint density at radius 2 is 2.35 bits per heavy atom. The molecule has 2 amide bonds. The number of halogens is 1. The van der Waals surface area contributed by atoms with Gasteiger partial charge in [0, 0.05) is 17.0 Å². The Hall–Kier alpha value is -1.33. The fraction of sp³-hybridized carbons (Fsp3) is 0.273. The summed E-state index contributed by atoms with van der Waals surface area (Å²) in [6.07, 6.45) is 0.900. The van der Waals surface area contributed by atoms with Crippen LogP contribution in [0.4, 0.5) is 10.6 Å². The molecule has 0 aliphatic heterocycles. The minimum atomic E-state index is -0.237. The third kappa shape index (κ3) is 2.87. The summed E-state index contributed by atoms with van der Waals surface area (Å²) in [6, 6.07) is 5.27. The first-order chi connectivity index (χ1) is 8.20. The molecule has 0 fully saturated rings. The van der Waals surface area contributed by atoms with Gasteiger partial charge in [-0.3, -0.25) is 5.32 Å². The predicted molar refractivity (Wildman–Crippen MR) is 71.9 cm³/mol. The van der Waals surface area contributed by atoms with Gasteiger partial charge in [-0.1, -0.05) is 18.5 Å². The minimum absolute atomic E-state index is 0.237. The molecule has 0 atom stereocenters. The van der Waals surface area contributed by atoms with Gasteiger partial charge >= 0.3 is 6.03 Å². The van der Waals surface area contributed by atoms with Crippen molar-refractivity contribution in [2.75, 3.05) is 11.9 Å². The number of nitrogens with zero attached hydrogens (tertiary/aromatic N) is 1. The molecule has 17 heavy (non-hydrogen) atoms. The van der Waals surface area contributed by atoms with E-state index in [9.17, 15) is 4.79 Å². The van der Waals surface area contributed by atoms with E-state index >= 15 is 0 Å². The van der Waals surface area contributed by atoms with Crippen molar-refractivity contribution in [3.8, 4) is 0 Å². The Morgan fingerprint density at radius 1 is 1.53 bits per heavy atom. The second-order valence-electron chi connectivity index (χ2n) is 3.55. The summed E-state index contributed by atoms with van der Waals surface area (Å²) < 4.78 is 5.20. The maximum atomic E-state index is 11.5. The van der Waals surface area contributed by atoms with E-state index in [4.69, 9.17) is 11.6 Å². The molecule has 0 saturated heterocycles. The van der Waals surface area contributed by atoms with Crippen molar-refractivity contribution in [3.63, 3.8) is 0 Å². The van der Waals surface area contributed by atoms with Crippen LogP contribution in [-0.4, -0.2) is 16.9 Å². The van der Waals surface area contributed by atoms with E-state index in [0.717, 1.165) is 16.5 Å². The number of rotatable bonds is 3. The molecule has 0 aliphatic carbocycles. The molecule has 0 aliphatic rings. The zero-order valence-electron chi connectivity index (χ0n) is 9.29. The summed E-state index contributed by atoms with van der Waals surface area (Å²) in [7, 11) is 0. The highest BCUT2D eigenvalue weighted by molar-refractivity contribution is 7.13. The summed E-state index contributed by atoms with van der Waals surface area (Å²) in [5, 5.41) is 6.95. The third-order valence-electron chi connectivity index (χ3n) is 2.20. The number of carbonyl (C=O) groups is 1. The predicted octanol–water partition coefficient (Wildman–Crippen LogP) is 3.48. The number of urea groups is 1. The molecule has 2 aromatic rings. The lowest BCUT2D eigenvalue weighted by atomic mass is 10.2. The third-order valence-corrected chi connectivity index (χ3v) is 3.26. The first kappa shape index (κ1) is 12.1. The van der Waals surface area contributed by atoms with Crippen LogP contribution in [0, 0.1) is 0 Å². The smallest absolute Gasteiger partial charge is 0.320 e. The number of carbonyl (C=O) groups excluding carboxylic acids is 1. The molecule has 1 aromatic carbocycles. The van der Waals surface area contributed by atoms with Gasteiger partial charge in [0.15, 0.2) is 5.82 Å².